The minimum Gasteiger partial charge on any atom is -0.328 e. The maximum atomic E-state index is 3.80. The van der Waals surface area contributed by atoms with Crippen LogP contribution < -0.4 is 0 Å². The van der Waals surface area contributed by atoms with Gasteiger partial charge in [0.15, 0.2) is 0 Å². The van der Waals surface area contributed by atoms with Crippen LogP contribution in [0.4, 0.5) is 0 Å². The number of hydrogen-bond donors (Lipinski definition) is 0. The molecule has 9 heavy (non-hydrogen) atoms. The Balaban J connectivity index is 2.98. The summed E-state index contributed by atoms with van der Waals surface area (Å²) in [4.78, 5) is 0. The van der Waals surface area contributed by atoms with Gasteiger partial charge in [-0.25, -0.2) is 0 Å². The molecule has 0 N–H and O–H groups in total. The molecule has 0 saturated heterocycles. The van der Waals surface area contributed by atoms with E-state index in [1.54, 1.807) is 0 Å². The van der Waals surface area contributed by atoms with E-state index < -0.39 is 0 Å². The van der Waals surface area contributed by atoms with Gasteiger partial charge in [-0.1, -0.05) is 6.58 Å². The maximum Gasteiger partial charge on any atom is 0.0117 e. The number of aromatic nitrogens is 1. The summed E-state index contributed by atoms with van der Waals surface area (Å²) in [6.45, 7) is 7.86. The van der Waals surface area contributed by atoms with E-state index in [2.05, 4.69) is 25.8 Å². The van der Waals surface area contributed by atoms with Gasteiger partial charge in [0.05, 0.1) is 0 Å². The fourth-order valence-electron chi connectivity index (χ4n) is 0.741. The molecule has 1 nitrogen and oxygen atoms in total. The van der Waals surface area contributed by atoms with Crippen molar-refractivity contribution in [1.29, 1.82) is 0 Å². The van der Waals surface area contributed by atoms with Crippen molar-refractivity contribution >= 4 is 5.70 Å². The van der Waals surface area contributed by atoms with Crippen molar-refractivity contribution in [3.05, 3.63) is 30.6 Å². The quantitative estimate of drug-likeness (QED) is 0.537. The van der Waals surface area contributed by atoms with E-state index in [0.29, 0.717) is 0 Å². The van der Waals surface area contributed by atoms with Crippen LogP contribution in [0, 0.1) is 6.92 Å². The number of rotatable bonds is 1. The first-order chi connectivity index (χ1) is 4.20. The van der Waals surface area contributed by atoms with E-state index in [0.717, 1.165) is 5.70 Å². The molecule has 0 fully saturated rings. The van der Waals surface area contributed by atoms with Crippen LogP contribution in [0.5, 0.6) is 0 Å². The monoisotopic (exact) mass is 121 g/mol. The fraction of sp³-hybridized carbons (Fsp3) is 0.250. The molecule has 0 aliphatic carbocycles. The van der Waals surface area contributed by atoms with Gasteiger partial charge in [-0.15, -0.1) is 0 Å². The zero-order chi connectivity index (χ0) is 6.85. The van der Waals surface area contributed by atoms with Crippen LogP contribution in [-0.4, -0.2) is 4.57 Å². The van der Waals surface area contributed by atoms with E-state index >= 15 is 0 Å². The molecule has 0 unspecified atom stereocenters. The van der Waals surface area contributed by atoms with E-state index in [9.17, 15) is 0 Å². The third kappa shape index (κ3) is 1.22. The van der Waals surface area contributed by atoms with Crippen LogP contribution >= 0.6 is 0 Å². The summed E-state index contributed by atoms with van der Waals surface area (Å²) in [5, 5.41) is 0. The largest absolute Gasteiger partial charge is 0.328 e. The SMILES string of the molecule is C=C(C)n1ccc(C)c1. The molecule has 0 aromatic carbocycles. The summed E-state index contributed by atoms with van der Waals surface area (Å²) >= 11 is 0. The fourth-order valence-corrected chi connectivity index (χ4v) is 0.741. The van der Waals surface area contributed by atoms with Crippen molar-refractivity contribution < 1.29 is 0 Å². The highest BCUT2D eigenvalue weighted by atomic mass is 14.9. The van der Waals surface area contributed by atoms with E-state index in [1.165, 1.54) is 5.56 Å². The van der Waals surface area contributed by atoms with Crippen molar-refractivity contribution in [2.75, 3.05) is 0 Å². The summed E-state index contributed by atoms with van der Waals surface area (Å²) in [5.41, 5.74) is 2.33. The second-order valence-electron chi connectivity index (χ2n) is 2.33. The van der Waals surface area contributed by atoms with Gasteiger partial charge in [-0.2, -0.15) is 0 Å². The smallest absolute Gasteiger partial charge is 0.0117 e. The van der Waals surface area contributed by atoms with E-state index in [-0.39, 0.29) is 0 Å². The third-order valence-electron chi connectivity index (χ3n) is 1.28. The highest BCUT2D eigenvalue weighted by Gasteiger charge is 1.88. The van der Waals surface area contributed by atoms with Gasteiger partial charge < -0.3 is 4.57 Å². The highest BCUT2D eigenvalue weighted by molar-refractivity contribution is 5.38. The lowest BCUT2D eigenvalue weighted by molar-refractivity contribution is 1.10. The van der Waals surface area contributed by atoms with Gasteiger partial charge in [-0.3, -0.25) is 0 Å². The Kier molecular flexibility index (Phi) is 1.43. The van der Waals surface area contributed by atoms with Crippen LogP contribution in [0.15, 0.2) is 25.0 Å². The summed E-state index contributed by atoms with van der Waals surface area (Å²) in [6.07, 6.45) is 4.07. The number of hydrogen-bond acceptors (Lipinski definition) is 0. The predicted molar refractivity (Wildman–Crippen MR) is 40.2 cm³/mol. The van der Waals surface area contributed by atoms with Crippen molar-refractivity contribution in [2.45, 2.75) is 13.8 Å². The van der Waals surface area contributed by atoms with Gasteiger partial charge in [0.25, 0.3) is 0 Å². The van der Waals surface area contributed by atoms with Crippen LogP contribution in [0.2, 0.25) is 0 Å². The van der Waals surface area contributed by atoms with Crippen molar-refractivity contribution in [3.63, 3.8) is 0 Å². The summed E-state index contributed by atoms with van der Waals surface area (Å²) in [7, 11) is 0. The molecule has 1 aromatic heterocycles. The first-order valence-corrected chi connectivity index (χ1v) is 3.00. The van der Waals surface area contributed by atoms with Gasteiger partial charge in [0.2, 0.25) is 0 Å². The Morgan fingerprint density at radius 1 is 1.67 bits per heavy atom. The molecule has 1 heterocycles. The Morgan fingerprint density at radius 2 is 2.33 bits per heavy atom. The zero-order valence-corrected chi connectivity index (χ0v) is 5.89. The molecular weight excluding hydrogens is 110 g/mol. The molecule has 0 aliphatic rings. The number of aryl methyl sites for hydroxylation is 1. The van der Waals surface area contributed by atoms with Gasteiger partial charge in [0, 0.05) is 18.1 Å². The maximum absolute atomic E-state index is 3.80. The van der Waals surface area contributed by atoms with E-state index in [1.807, 2.05) is 17.7 Å². The molecule has 0 amide bonds. The lowest BCUT2D eigenvalue weighted by Crippen LogP contribution is -1.84. The Bertz CT molecular complexity index is 220. The molecule has 0 spiro atoms. The molecule has 0 atom stereocenters. The molecule has 1 aromatic rings. The minimum absolute atomic E-state index is 1.06. The minimum atomic E-state index is 1.06. The summed E-state index contributed by atoms with van der Waals surface area (Å²) in [6, 6.07) is 2.06. The molecule has 0 aliphatic heterocycles. The predicted octanol–water partition coefficient (Wildman–Crippen LogP) is 2.29. The second-order valence-corrected chi connectivity index (χ2v) is 2.33. The molecular formula is C8H11N. The summed E-state index contributed by atoms with van der Waals surface area (Å²) in [5.74, 6) is 0. The van der Waals surface area contributed by atoms with E-state index in [4.69, 9.17) is 0 Å². The lowest BCUT2D eigenvalue weighted by Gasteiger charge is -1.96. The van der Waals surface area contributed by atoms with Crippen LogP contribution in [0.25, 0.3) is 5.70 Å². The van der Waals surface area contributed by atoms with Gasteiger partial charge in [0.1, 0.15) is 0 Å². The molecule has 0 radical (unpaired) electrons. The van der Waals surface area contributed by atoms with Crippen LogP contribution in [0.1, 0.15) is 12.5 Å². The molecule has 0 bridgehead atoms. The van der Waals surface area contributed by atoms with Crippen molar-refractivity contribution in [3.8, 4) is 0 Å². The highest BCUT2D eigenvalue weighted by Crippen LogP contribution is 2.03. The van der Waals surface area contributed by atoms with Gasteiger partial charge >= 0.3 is 0 Å². The lowest BCUT2D eigenvalue weighted by atomic mass is 10.4. The zero-order valence-electron chi connectivity index (χ0n) is 5.89. The molecule has 0 saturated carbocycles. The first-order valence-electron chi connectivity index (χ1n) is 3.00. The standard InChI is InChI=1S/C8H11N/c1-7(2)9-5-4-8(3)6-9/h4-6H,1H2,2-3H3. The first kappa shape index (κ1) is 6.14. The molecule has 1 rings (SSSR count). The van der Waals surface area contributed by atoms with Crippen molar-refractivity contribution in [2.24, 2.45) is 0 Å². The topological polar surface area (TPSA) is 4.93 Å². The van der Waals surface area contributed by atoms with Crippen molar-refractivity contribution in [1.82, 2.24) is 4.57 Å². The second kappa shape index (κ2) is 2.09. The van der Waals surface area contributed by atoms with Gasteiger partial charge in [-0.05, 0) is 25.5 Å². The Morgan fingerprint density at radius 3 is 2.56 bits per heavy atom. The van der Waals surface area contributed by atoms with Crippen LogP contribution in [-0.2, 0) is 0 Å². The average molecular weight is 121 g/mol. The molecule has 48 valence electrons. The van der Waals surface area contributed by atoms with Crippen LogP contribution in [0.3, 0.4) is 0 Å². The average Bonchev–Trinajstić information content (AvgIpc) is 2.14. The number of nitrogens with zero attached hydrogens (tertiary/aromatic N) is 1. The number of allylic oxidation sites excluding steroid dienone is 1. The third-order valence-corrected chi connectivity index (χ3v) is 1.28. The normalized spacial score (nSPS) is 9.56. The Hall–Kier alpha value is -0.980. The summed E-state index contributed by atoms with van der Waals surface area (Å²) < 4.78 is 2.01. The Labute approximate surface area is 55.6 Å². The molecule has 1 heteroatoms.